The molecular formula is C9H12N3Re-. The second kappa shape index (κ2) is 5.85. The number of rotatable bonds is 0. The third kappa shape index (κ3) is 2.91. The number of aromatic nitrogens is 3. The van der Waals surface area contributed by atoms with E-state index >= 15 is 0 Å². The molecule has 3 nitrogen and oxygen atoms in total. The first-order valence-corrected chi connectivity index (χ1v) is 4.04. The fraction of sp³-hybridized carbons (Fsp3) is 0.333. The van der Waals surface area contributed by atoms with Crippen LogP contribution < -0.4 is 0 Å². The van der Waals surface area contributed by atoms with Gasteiger partial charge in [0.2, 0.25) is 0 Å². The maximum atomic E-state index is 4.06. The zero-order valence-electron chi connectivity index (χ0n) is 7.95. The van der Waals surface area contributed by atoms with Gasteiger partial charge in [0, 0.05) is 20.4 Å². The zero-order chi connectivity index (χ0) is 8.97. The van der Waals surface area contributed by atoms with E-state index in [1.807, 2.05) is 27.0 Å². The van der Waals surface area contributed by atoms with Gasteiger partial charge < -0.3 is 9.38 Å². The summed E-state index contributed by atoms with van der Waals surface area (Å²) in [6.07, 6.45) is 8.35. The predicted octanol–water partition coefficient (Wildman–Crippen LogP) is 1.86. The molecule has 0 aliphatic heterocycles. The summed E-state index contributed by atoms with van der Waals surface area (Å²) >= 11 is 0. The zero-order valence-corrected chi connectivity index (χ0v) is 10.7. The number of aryl methyl sites for hydroxylation is 1. The van der Waals surface area contributed by atoms with Crippen LogP contribution in [0.2, 0.25) is 0 Å². The minimum Gasteiger partial charge on any atom is -0.411 e. The number of imidazole rings is 1. The van der Waals surface area contributed by atoms with Crippen molar-refractivity contribution < 1.29 is 20.4 Å². The standard InChI is InChI=1S/C7H6N3.C2H6.Re/c1-6-4-9-7-8-2-3-10(7)5-6;1-2;/h2-4H,1H3;1-2H3;/q-1;;. The molecule has 0 unspecified atom stereocenters. The molecule has 0 saturated heterocycles. The average Bonchev–Trinajstić information content (AvgIpc) is 2.54. The Morgan fingerprint density at radius 2 is 2.00 bits per heavy atom. The molecule has 0 N–H and O–H groups in total. The normalized spacial score (nSPS) is 8.54. The molecule has 4 heteroatoms. The number of hydrogen-bond donors (Lipinski definition) is 0. The van der Waals surface area contributed by atoms with Crippen molar-refractivity contribution >= 4 is 5.78 Å². The van der Waals surface area contributed by atoms with Gasteiger partial charge in [-0.1, -0.05) is 38.7 Å². The molecule has 2 heterocycles. The van der Waals surface area contributed by atoms with Gasteiger partial charge >= 0.3 is 0 Å². The molecule has 71 valence electrons. The molecule has 0 aliphatic carbocycles. The quantitative estimate of drug-likeness (QED) is 0.681. The Labute approximate surface area is 91.9 Å². The smallest absolute Gasteiger partial charge is 0.138 e. The first kappa shape index (κ1) is 12.3. The van der Waals surface area contributed by atoms with Crippen LogP contribution >= 0.6 is 0 Å². The molecule has 0 amide bonds. The largest absolute Gasteiger partial charge is 0.411 e. The molecule has 1 radical (unpaired) electrons. The summed E-state index contributed by atoms with van der Waals surface area (Å²) < 4.78 is 1.77. The van der Waals surface area contributed by atoms with Crippen molar-refractivity contribution in [3.63, 3.8) is 0 Å². The monoisotopic (exact) mass is 349 g/mol. The summed E-state index contributed by atoms with van der Waals surface area (Å²) in [7, 11) is 0. The van der Waals surface area contributed by atoms with Crippen LogP contribution in [0.25, 0.3) is 5.78 Å². The SMILES string of the molecule is CC.Cc1[c-]n2ccnc2nc1.[Re]. The Morgan fingerprint density at radius 1 is 1.31 bits per heavy atom. The van der Waals surface area contributed by atoms with Crippen molar-refractivity contribution in [2.45, 2.75) is 20.8 Å². The maximum Gasteiger partial charge on any atom is 0.138 e. The van der Waals surface area contributed by atoms with Gasteiger partial charge in [0.15, 0.2) is 0 Å². The third-order valence-electron chi connectivity index (χ3n) is 1.29. The van der Waals surface area contributed by atoms with E-state index in [0.717, 1.165) is 5.56 Å². The summed E-state index contributed by atoms with van der Waals surface area (Å²) in [5.74, 6) is 0.700. The molecule has 0 spiro atoms. The average molecular weight is 348 g/mol. The van der Waals surface area contributed by atoms with E-state index in [2.05, 4.69) is 16.2 Å². The number of hydrogen-bond acceptors (Lipinski definition) is 2. The fourth-order valence-electron chi connectivity index (χ4n) is 0.852. The second-order valence-electron chi connectivity index (χ2n) is 2.15. The van der Waals surface area contributed by atoms with E-state index in [1.165, 1.54) is 0 Å². The van der Waals surface area contributed by atoms with E-state index < -0.39 is 0 Å². The molecule has 0 fully saturated rings. The van der Waals surface area contributed by atoms with Crippen LogP contribution in [0.5, 0.6) is 0 Å². The van der Waals surface area contributed by atoms with Gasteiger partial charge in [0.25, 0.3) is 0 Å². The summed E-state index contributed by atoms with van der Waals surface area (Å²) in [6, 6.07) is 0. The molecule has 13 heavy (non-hydrogen) atoms. The Balaban J connectivity index is 0.000000451. The molecular weight excluding hydrogens is 336 g/mol. The van der Waals surface area contributed by atoms with Crippen molar-refractivity contribution in [3.8, 4) is 0 Å². The summed E-state index contributed by atoms with van der Waals surface area (Å²) in [6.45, 7) is 5.95. The first-order chi connectivity index (χ1) is 5.86. The molecule has 0 saturated carbocycles. The third-order valence-corrected chi connectivity index (χ3v) is 1.29. The summed E-state index contributed by atoms with van der Waals surface area (Å²) in [5, 5.41) is 0. The minimum atomic E-state index is 0. The Bertz CT molecular complexity index is 356. The van der Waals surface area contributed by atoms with E-state index in [4.69, 9.17) is 0 Å². The first-order valence-electron chi connectivity index (χ1n) is 4.04. The van der Waals surface area contributed by atoms with Crippen molar-refractivity contribution in [2.24, 2.45) is 0 Å². The van der Waals surface area contributed by atoms with E-state index in [0.29, 0.717) is 5.78 Å². The van der Waals surface area contributed by atoms with E-state index in [9.17, 15) is 0 Å². The van der Waals surface area contributed by atoms with Gasteiger partial charge in [0.1, 0.15) is 5.78 Å². The van der Waals surface area contributed by atoms with Gasteiger partial charge in [-0.05, 0) is 12.4 Å². The van der Waals surface area contributed by atoms with Crippen LogP contribution in [0.4, 0.5) is 0 Å². The Hall–Kier alpha value is -0.718. The van der Waals surface area contributed by atoms with Gasteiger partial charge in [-0.2, -0.15) is 0 Å². The molecule has 0 bridgehead atoms. The summed E-state index contributed by atoms with van der Waals surface area (Å²) in [5.41, 5.74) is 1.02. The second-order valence-corrected chi connectivity index (χ2v) is 2.15. The molecule has 2 aromatic heterocycles. The van der Waals surface area contributed by atoms with Crippen LogP contribution in [0.3, 0.4) is 0 Å². The van der Waals surface area contributed by atoms with Crippen LogP contribution in [-0.4, -0.2) is 14.4 Å². The van der Waals surface area contributed by atoms with Gasteiger partial charge in [-0.25, -0.2) is 0 Å². The Kier molecular flexibility index (Phi) is 5.52. The molecule has 0 atom stereocenters. The van der Waals surface area contributed by atoms with Crippen molar-refractivity contribution in [1.82, 2.24) is 14.4 Å². The van der Waals surface area contributed by atoms with Crippen LogP contribution in [0.15, 0.2) is 18.6 Å². The minimum absolute atomic E-state index is 0. The molecule has 2 aromatic rings. The Morgan fingerprint density at radius 3 is 2.69 bits per heavy atom. The van der Waals surface area contributed by atoms with E-state index in [-0.39, 0.29) is 20.4 Å². The molecule has 0 aromatic carbocycles. The van der Waals surface area contributed by atoms with Crippen LogP contribution in [0, 0.1) is 13.1 Å². The molecule has 2 rings (SSSR count). The van der Waals surface area contributed by atoms with Crippen LogP contribution in [-0.2, 0) is 20.4 Å². The number of nitrogens with zero attached hydrogens (tertiary/aromatic N) is 3. The van der Waals surface area contributed by atoms with E-state index in [1.54, 1.807) is 16.8 Å². The van der Waals surface area contributed by atoms with Gasteiger partial charge in [-0.3, -0.25) is 4.98 Å². The topological polar surface area (TPSA) is 30.2 Å². The van der Waals surface area contributed by atoms with Crippen LogP contribution in [0.1, 0.15) is 19.4 Å². The molecule has 0 aliphatic rings. The predicted molar refractivity (Wildman–Crippen MR) is 47.9 cm³/mol. The van der Waals surface area contributed by atoms with Crippen molar-refractivity contribution in [3.05, 3.63) is 30.4 Å². The van der Waals surface area contributed by atoms with Gasteiger partial charge in [0.05, 0.1) is 0 Å². The number of fused-ring (bicyclic) bond motifs is 1. The fourth-order valence-corrected chi connectivity index (χ4v) is 0.852. The maximum absolute atomic E-state index is 4.06. The summed E-state index contributed by atoms with van der Waals surface area (Å²) in [4.78, 5) is 8.04. The van der Waals surface area contributed by atoms with Crippen molar-refractivity contribution in [1.29, 1.82) is 0 Å². The van der Waals surface area contributed by atoms with Gasteiger partial charge in [-0.15, -0.1) is 0 Å². The van der Waals surface area contributed by atoms with Crippen molar-refractivity contribution in [2.75, 3.05) is 0 Å².